The quantitative estimate of drug-likeness (QED) is 0.831. The first kappa shape index (κ1) is 10.3. The lowest BCUT2D eigenvalue weighted by molar-refractivity contribution is -0.115. The Balaban J connectivity index is 1.97. The topological polar surface area (TPSA) is 62.1 Å². The molecule has 1 amide bonds. The fourth-order valence-corrected chi connectivity index (χ4v) is 2.43. The number of anilines is 1. The molecule has 1 aromatic rings. The van der Waals surface area contributed by atoms with Crippen molar-refractivity contribution in [3.8, 4) is 6.07 Å². The van der Waals surface area contributed by atoms with Gasteiger partial charge in [-0.25, -0.2) is 0 Å². The number of hydrogen-bond acceptors (Lipinski definition) is 3. The minimum absolute atomic E-state index is 0.0383. The van der Waals surface area contributed by atoms with E-state index >= 15 is 0 Å². The lowest BCUT2D eigenvalue weighted by Crippen LogP contribution is -2.46. The van der Waals surface area contributed by atoms with E-state index in [0.29, 0.717) is 26.1 Å². The molecule has 0 atom stereocenters. The average molecular weight is 228 g/mol. The van der Waals surface area contributed by atoms with Crippen LogP contribution in [-0.4, -0.2) is 19.1 Å². The van der Waals surface area contributed by atoms with Gasteiger partial charge in [0.25, 0.3) is 0 Å². The highest BCUT2D eigenvalue weighted by molar-refractivity contribution is 5.99. The second kappa shape index (κ2) is 3.57. The van der Waals surface area contributed by atoms with Crippen molar-refractivity contribution in [1.29, 1.82) is 5.26 Å². The number of hydrogen-bond donors (Lipinski definition) is 1. The Bertz CT molecular complexity index is 527. The zero-order valence-electron chi connectivity index (χ0n) is 9.32. The summed E-state index contributed by atoms with van der Waals surface area (Å²) in [5.41, 5.74) is 2.87. The molecular weight excluding hydrogens is 216 g/mol. The van der Waals surface area contributed by atoms with E-state index in [2.05, 4.69) is 11.4 Å². The van der Waals surface area contributed by atoms with E-state index in [4.69, 9.17) is 10.00 Å². The molecule has 0 bridgehead atoms. The van der Waals surface area contributed by atoms with Crippen molar-refractivity contribution in [3.63, 3.8) is 0 Å². The number of ether oxygens (including phenoxy) is 1. The van der Waals surface area contributed by atoms with Crippen LogP contribution in [0.15, 0.2) is 18.2 Å². The highest BCUT2D eigenvalue weighted by Crippen LogP contribution is 2.37. The van der Waals surface area contributed by atoms with Gasteiger partial charge in [0.2, 0.25) is 5.91 Å². The van der Waals surface area contributed by atoms with Crippen LogP contribution in [0, 0.1) is 11.3 Å². The Morgan fingerprint density at radius 3 is 2.94 bits per heavy atom. The highest BCUT2D eigenvalue weighted by atomic mass is 16.5. The molecule has 86 valence electrons. The van der Waals surface area contributed by atoms with Crippen LogP contribution in [-0.2, 0) is 21.4 Å². The van der Waals surface area contributed by atoms with Gasteiger partial charge in [0.15, 0.2) is 0 Å². The van der Waals surface area contributed by atoms with Crippen LogP contribution < -0.4 is 5.32 Å². The summed E-state index contributed by atoms with van der Waals surface area (Å²) in [7, 11) is 0. The van der Waals surface area contributed by atoms with Crippen molar-refractivity contribution in [2.24, 2.45) is 0 Å². The number of carbonyl (C=O) groups excluding carboxylic acids is 1. The van der Waals surface area contributed by atoms with Gasteiger partial charge in [-0.05, 0) is 17.2 Å². The van der Waals surface area contributed by atoms with Crippen LogP contribution in [0.2, 0.25) is 0 Å². The van der Waals surface area contributed by atoms with E-state index in [1.165, 1.54) is 0 Å². The van der Waals surface area contributed by atoms with Gasteiger partial charge in [0, 0.05) is 12.1 Å². The maximum Gasteiger partial charge on any atom is 0.228 e. The van der Waals surface area contributed by atoms with E-state index in [-0.39, 0.29) is 11.3 Å². The zero-order valence-corrected chi connectivity index (χ0v) is 9.32. The van der Waals surface area contributed by atoms with E-state index in [1.807, 2.05) is 18.2 Å². The highest BCUT2D eigenvalue weighted by Gasteiger charge is 2.40. The molecule has 0 unspecified atom stereocenters. The van der Waals surface area contributed by atoms with Gasteiger partial charge in [-0.3, -0.25) is 4.79 Å². The minimum atomic E-state index is -0.157. The summed E-state index contributed by atoms with van der Waals surface area (Å²) in [6, 6.07) is 8.17. The Morgan fingerprint density at radius 2 is 2.29 bits per heavy atom. The summed E-state index contributed by atoms with van der Waals surface area (Å²) < 4.78 is 5.25. The number of nitriles is 1. The van der Waals surface area contributed by atoms with Crippen LogP contribution in [0.25, 0.3) is 0 Å². The first-order valence-corrected chi connectivity index (χ1v) is 5.61. The predicted molar refractivity (Wildman–Crippen MR) is 61.5 cm³/mol. The fourth-order valence-electron chi connectivity index (χ4n) is 2.43. The fraction of sp³-hybridized carbons (Fsp3) is 0.385. The van der Waals surface area contributed by atoms with Crippen LogP contribution in [0.1, 0.15) is 17.5 Å². The number of amides is 1. The summed E-state index contributed by atoms with van der Waals surface area (Å²) in [4.78, 5) is 11.3. The smallest absolute Gasteiger partial charge is 0.228 e. The van der Waals surface area contributed by atoms with Gasteiger partial charge in [-0.1, -0.05) is 12.1 Å². The molecule has 1 N–H and O–H groups in total. The van der Waals surface area contributed by atoms with Crippen molar-refractivity contribution < 1.29 is 9.53 Å². The maximum atomic E-state index is 11.3. The van der Waals surface area contributed by atoms with Crippen molar-refractivity contribution in [3.05, 3.63) is 29.3 Å². The molecule has 4 nitrogen and oxygen atoms in total. The van der Waals surface area contributed by atoms with E-state index < -0.39 is 0 Å². The third kappa shape index (κ3) is 1.51. The molecule has 3 rings (SSSR count). The Labute approximate surface area is 99.2 Å². The second-order valence-electron chi connectivity index (χ2n) is 4.70. The van der Waals surface area contributed by atoms with Crippen molar-refractivity contribution in [1.82, 2.24) is 0 Å². The molecule has 0 aromatic heterocycles. The molecule has 2 aliphatic rings. The predicted octanol–water partition coefficient (Wildman–Crippen LogP) is 1.36. The molecule has 2 heterocycles. The molecule has 0 radical (unpaired) electrons. The van der Waals surface area contributed by atoms with Crippen LogP contribution in [0.3, 0.4) is 0 Å². The normalized spacial score (nSPS) is 20.1. The summed E-state index contributed by atoms with van der Waals surface area (Å²) in [5, 5.41) is 11.7. The molecule has 2 aliphatic heterocycles. The third-order valence-corrected chi connectivity index (χ3v) is 3.52. The molecule has 0 aliphatic carbocycles. The van der Waals surface area contributed by atoms with Crippen LogP contribution >= 0.6 is 0 Å². The first-order valence-electron chi connectivity index (χ1n) is 5.61. The number of nitrogens with zero attached hydrogens (tertiary/aromatic N) is 1. The molecular formula is C13H12N2O2. The van der Waals surface area contributed by atoms with Crippen LogP contribution in [0.5, 0.6) is 0 Å². The summed E-state index contributed by atoms with van der Waals surface area (Å²) >= 11 is 0. The number of carbonyl (C=O) groups is 1. The number of benzene rings is 1. The summed E-state index contributed by atoms with van der Waals surface area (Å²) in [6.45, 7) is 1.20. The Morgan fingerprint density at radius 1 is 1.47 bits per heavy atom. The molecule has 1 aromatic carbocycles. The summed E-state index contributed by atoms with van der Waals surface area (Å²) in [5.74, 6) is 0.0383. The standard InChI is InChI=1S/C13H12N2O2/c14-4-3-13(7-17-8-13)10-1-2-11-9(5-10)6-12(16)15-11/h1-2,5H,3,6-8H2,(H,15,16). The molecule has 0 spiro atoms. The minimum Gasteiger partial charge on any atom is -0.379 e. The number of rotatable bonds is 2. The molecule has 1 saturated heterocycles. The van der Waals surface area contributed by atoms with E-state index in [9.17, 15) is 4.79 Å². The van der Waals surface area contributed by atoms with Gasteiger partial charge in [0.1, 0.15) is 0 Å². The SMILES string of the molecule is N#CCC1(c2ccc3c(c2)CC(=O)N3)COC1. The Kier molecular flexibility index (Phi) is 2.17. The molecule has 17 heavy (non-hydrogen) atoms. The molecule has 4 heteroatoms. The lowest BCUT2D eigenvalue weighted by Gasteiger charge is -2.40. The zero-order chi connectivity index (χ0) is 11.9. The molecule has 1 fully saturated rings. The number of fused-ring (bicyclic) bond motifs is 1. The van der Waals surface area contributed by atoms with Gasteiger partial charge in [0.05, 0.1) is 31.1 Å². The van der Waals surface area contributed by atoms with Gasteiger partial charge in [-0.15, -0.1) is 0 Å². The third-order valence-electron chi connectivity index (χ3n) is 3.52. The first-order chi connectivity index (χ1) is 8.23. The van der Waals surface area contributed by atoms with Gasteiger partial charge in [-0.2, -0.15) is 5.26 Å². The second-order valence-corrected chi connectivity index (χ2v) is 4.70. The average Bonchev–Trinajstić information content (AvgIpc) is 2.62. The van der Waals surface area contributed by atoms with Gasteiger partial charge < -0.3 is 10.1 Å². The largest absolute Gasteiger partial charge is 0.379 e. The van der Waals surface area contributed by atoms with Crippen molar-refractivity contribution >= 4 is 11.6 Å². The van der Waals surface area contributed by atoms with Crippen molar-refractivity contribution in [2.45, 2.75) is 18.3 Å². The van der Waals surface area contributed by atoms with Crippen molar-refractivity contribution in [2.75, 3.05) is 18.5 Å². The maximum absolute atomic E-state index is 11.3. The summed E-state index contributed by atoms with van der Waals surface area (Å²) in [6.07, 6.45) is 0.903. The Hall–Kier alpha value is -1.86. The lowest BCUT2D eigenvalue weighted by atomic mass is 9.76. The monoisotopic (exact) mass is 228 g/mol. The van der Waals surface area contributed by atoms with Gasteiger partial charge >= 0.3 is 0 Å². The van der Waals surface area contributed by atoms with E-state index in [1.54, 1.807) is 0 Å². The molecule has 0 saturated carbocycles. The van der Waals surface area contributed by atoms with Crippen LogP contribution in [0.4, 0.5) is 5.69 Å². The van der Waals surface area contributed by atoms with E-state index in [0.717, 1.165) is 16.8 Å². The number of nitrogens with one attached hydrogen (secondary N) is 1.